The van der Waals surface area contributed by atoms with Gasteiger partial charge in [-0.1, -0.05) is 98.0 Å². The van der Waals surface area contributed by atoms with Crippen molar-refractivity contribution in [1.29, 1.82) is 0 Å². The van der Waals surface area contributed by atoms with Crippen LogP contribution in [0.3, 0.4) is 0 Å². The molecule has 0 spiro atoms. The van der Waals surface area contributed by atoms with Crippen LogP contribution in [0.25, 0.3) is 0 Å². The number of benzene rings is 1. The number of rotatable bonds is 15. The second-order valence-corrected chi connectivity index (χ2v) is 36.9. The van der Waals surface area contributed by atoms with Gasteiger partial charge in [-0.25, -0.2) is 4.79 Å². The highest BCUT2D eigenvalue weighted by molar-refractivity contribution is 5.92. The maximum atomic E-state index is 12.9. The number of piperazine rings is 4. The van der Waals surface area contributed by atoms with Gasteiger partial charge >= 0.3 is 24.0 Å². The van der Waals surface area contributed by atoms with Gasteiger partial charge in [-0.2, -0.15) is 0 Å². The molecule has 18 heterocycles. The van der Waals surface area contributed by atoms with Crippen LogP contribution in [0.15, 0.2) is 91.1 Å². The molecule has 0 saturated carbocycles. The van der Waals surface area contributed by atoms with Gasteiger partial charge in [-0.05, 0) is 84.2 Å². The summed E-state index contributed by atoms with van der Waals surface area (Å²) in [7, 11) is 4.84. The summed E-state index contributed by atoms with van der Waals surface area (Å²) in [6.45, 7) is 23.0. The van der Waals surface area contributed by atoms with E-state index < -0.39 is 150 Å². The largest absolute Gasteiger partial charge is 0.550 e. The lowest BCUT2D eigenvalue weighted by Gasteiger charge is -2.37. The number of amides is 7. The first-order chi connectivity index (χ1) is 60.9. The first kappa shape index (κ1) is 93.6. The normalized spacial score (nSPS) is 34.8. The molecule has 7 amide bonds. The molecular weight excluding hydrogens is 1650 g/mol. The van der Waals surface area contributed by atoms with E-state index in [9.17, 15) is 82.8 Å². The molecule has 1 aromatic rings. The Morgan fingerprint density at radius 3 is 1.03 bits per heavy atom. The first-order valence-corrected chi connectivity index (χ1v) is 45.3. The number of nitrogens with one attached hydrogen (secondary N) is 1. The van der Waals surface area contributed by atoms with Crippen molar-refractivity contribution in [2.24, 2.45) is 71.0 Å². The molecule has 1 aromatic carbocycles. The Kier molecular flexibility index (Phi) is 30.3. The molecule has 0 radical (unpaired) electrons. The SMILES string of the molecule is CC(C)(C)OC(=O)N1CCN(C(=O)C2C(C(=O)O)[C@H]3C=C[C@@H]2O3)CC1.CCN1CCN(C(=O)C2C(C(=O)[O-])[C@H]3C=C[C@@H]2O3)CC1.COC(=O)C1C(C(=O)N2CCCCC2)[C@@H]2C=C[C@H]1O2.COC(=O)C1C(C(=O)N2CCCCC2)[C@@H]2CC[C@H]1O2.C[NH+]1CCN(C(=O)C2C(C(=O)[O-])[C@H]3C=C[C@@H]2O3)CC1.O=C([O-])C1C(C(=O)N2CCN(Cc3ccccc3)CC2)[C@@H]2C=C[C@H]1O2. The zero-order valence-corrected chi connectivity index (χ0v) is 73.4. The van der Waals surface area contributed by atoms with Gasteiger partial charge in [0.15, 0.2) is 0 Å². The number of ether oxygens (including phenoxy) is 9. The summed E-state index contributed by atoms with van der Waals surface area (Å²) in [5, 5.41) is 43.4. The minimum absolute atomic E-state index is 0.0481. The molecule has 127 heavy (non-hydrogen) atoms. The summed E-state index contributed by atoms with van der Waals surface area (Å²) in [5.74, 6) is -13.2. The molecule has 12 bridgehead atoms. The number of nitrogens with zero attached hydrogens (tertiary/aromatic N) is 9. The van der Waals surface area contributed by atoms with E-state index in [4.69, 9.17) is 42.6 Å². The fourth-order valence-corrected chi connectivity index (χ4v) is 21.3. The van der Waals surface area contributed by atoms with Crippen LogP contribution in [0.5, 0.6) is 0 Å². The molecule has 0 aromatic heterocycles. The summed E-state index contributed by atoms with van der Waals surface area (Å²) in [4.78, 5) is 176. The lowest BCUT2D eigenvalue weighted by Crippen LogP contribution is -3.12. The predicted molar refractivity (Wildman–Crippen MR) is 441 cm³/mol. The summed E-state index contributed by atoms with van der Waals surface area (Å²) in [6.07, 6.45) is 21.3. The van der Waals surface area contributed by atoms with Gasteiger partial charge in [-0.15, -0.1) is 0 Å². The molecule has 694 valence electrons. The van der Waals surface area contributed by atoms with Crippen molar-refractivity contribution in [1.82, 2.24) is 44.1 Å². The van der Waals surface area contributed by atoms with Crippen LogP contribution >= 0.6 is 0 Å². The maximum Gasteiger partial charge on any atom is 0.410 e. The smallest absolute Gasteiger partial charge is 0.410 e. The van der Waals surface area contributed by atoms with E-state index >= 15 is 0 Å². The second-order valence-electron chi connectivity index (χ2n) is 36.9. The van der Waals surface area contributed by atoms with E-state index in [1.807, 2.05) is 40.2 Å². The fourth-order valence-electron chi connectivity index (χ4n) is 21.3. The van der Waals surface area contributed by atoms with Gasteiger partial charge in [-0.3, -0.25) is 48.1 Å². The Morgan fingerprint density at radius 2 is 0.669 bits per heavy atom. The third kappa shape index (κ3) is 20.7. The highest BCUT2D eigenvalue weighted by atomic mass is 16.6. The number of fused-ring (bicyclic) bond motifs is 12. The first-order valence-electron chi connectivity index (χ1n) is 45.3. The summed E-state index contributed by atoms with van der Waals surface area (Å²) < 4.78 is 48.7. The van der Waals surface area contributed by atoms with Crippen molar-refractivity contribution in [3.05, 3.63) is 96.7 Å². The Morgan fingerprint density at radius 1 is 0.370 bits per heavy atom. The van der Waals surface area contributed by atoms with Crippen LogP contribution in [0.2, 0.25) is 0 Å². The van der Waals surface area contributed by atoms with Crippen molar-refractivity contribution in [3.63, 3.8) is 0 Å². The molecule has 36 nitrogen and oxygen atoms in total. The van der Waals surface area contributed by atoms with E-state index in [1.165, 1.54) is 37.5 Å². The fraction of sp³-hybridized carbons (Fsp3) is 0.681. The predicted octanol–water partition coefficient (Wildman–Crippen LogP) is -2.79. The van der Waals surface area contributed by atoms with Gasteiger partial charge in [0.25, 0.3) is 0 Å². The number of carbonyl (C=O) groups is 13. The van der Waals surface area contributed by atoms with Crippen LogP contribution in [0.4, 0.5) is 4.79 Å². The zero-order chi connectivity index (χ0) is 90.4. The number of likely N-dealkylation sites (tertiary alicyclic amines) is 2. The molecule has 2 N–H and O–H groups in total. The minimum atomic E-state index is -1.20. The quantitative estimate of drug-likeness (QED) is 0.102. The van der Waals surface area contributed by atoms with Crippen molar-refractivity contribution < 1.29 is 130 Å². The van der Waals surface area contributed by atoms with E-state index in [0.717, 1.165) is 117 Å². The van der Waals surface area contributed by atoms with Crippen LogP contribution in [-0.4, -0.2) is 364 Å². The Balaban J connectivity index is 0.000000124. The lowest BCUT2D eigenvalue weighted by atomic mass is 9.78. The number of hydrogen-bond acceptors (Lipinski definition) is 27. The van der Waals surface area contributed by atoms with Crippen LogP contribution in [-0.2, 0) is 107 Å². The van der Waals surface area contributed by atoms with Crippen LogP contribution < -0.4 is 20.2 Å². The summed E-state index contributed by atoms with van der Waals surface area (Å²) in [6, 6.07) is 10.2. The summed E-state index contributed by atoms with van der Waals surface area (Å²) in [5.41, 5.74) is 0.692. The average Bonchev–Trinajstić information content (AvgIpc) is 1.65. The monoisotopic (exact) mass is 1770 g/mol. The molecule has 13 fully saturated rings. The Bertz CT molecular complexity index is 4320. The van der Waals surface area contributed by atoms with E-state index in [0.29, 0.717) is 65.4 Å². The number of esters is 2. The number of aliphatic carboxylic acids is 4. The zero-order valence-electron chi connectivity index (χ0n) is 73.4. The number of carboxylic acid groups (broad SMARTS) is 4. The van der Waals surface area contributed by atoms with Crippen molar-refractivity contribution in [2.45, 2.75) is 164 Å². The molecule has 13 saturated heterocycles. The molecule has 24 atom stereocenters. The van der Waals surface area contributed by atoms with Crippen molar-refractivity contribution in [2.75, 3.05) is 159 Å². The highest BCUT2D eigenvalue weighted by Gasteiger charge is 2.60. The Labute approximate surface area is 739 Å². The Hall–Kier alpha value is -9.53. The van der Waals surface area contributed by atoms with Gasteiger partial charge in [0.1, 0.15) is 17.4 Å². The third-order valence-electron chi connectivity index (χ3n) is 28.1. The lowest BCUT2D eigenvalue weighted by molar-refractivity contribution is -0.883. The topological polar surface area (TPSA) is 428 Å². The van der Waals surface area contributed by atoms with E-state index in [1.54, 1.807) is 93.9 Å². The van der Waals surface area contributed by atoms with E-state index in [2.05, 4.69) is 35.9 Å². The van der Waals surface area contributed by atoms with Gasteiger partial charge < -0.3 is 122 Å². The minimum Gasteiger partial charge on any atom is -0.550 e. The molecule has 18 aliphatic rings. The van der Waals surface area contributed by atoms with E-state index in [-0.39, 0.29) is 77.7 Å². The molecule has 36 heteroatoms. The van der Waals surface area contributed by atoms with Crippen molar-refractivity contribution in [3.8, 4) is 0 Å². The van der Waals surface area contributed by atoms with Crippen LogP contribution in [0, 0.1) is 71.0 Å². The number of likely N-dealkylation sites (N-methyl/N-ethyl adjacent to an activating group) is 2. The number of carboxylic acids is 4. The number of quaternary nitrogens is 1. The second kappa shape index (κ2) is 41.1. The van der Waals surface area contributed by atoms with Crippen LogP contribution in [0.1, 0.15) is 84.6 Å². The average molecular weight is 1770 g/mol. The van der Waals surface area contributed by atoms with Gasteiger partial charge in [0.2, 0.25) is 35.4 Å². The highest BCUT2D eigenvalue weighted by Crippen LogP contribution is 2.48. The molecular formula is C91H122N10O26-2. The number of piperidine rings is 2. The maximum absolute atomic E-state index is 12.9. The van der Waals surface area contributed by atoms with Gasteiger partial charge in [0.05, 0.1) is 162 Å². The standard InChI is InChI=1S/C19H22N2O4.C17H24N2O6.C14H20N2O4.C14H21NO4.C14H19NO4.C13H18N2O4/c22-18(16-14-6-7-15(25-14)17(16)19(23)24)21-10-8-20(9-11-21)12-13-4-2-1-3-5-13;1-17(2,3)25-16(23)19-8-6-18(7-9-19)14(20)12-10-4-5-11(24-10)13(12)15(21)22;1-2-15-5-7-16(8-6-15)13(17)11-9-3-4-10(20-9)12(11)14(18)19;2*1-18-14(17)12-10-6-5-9(19-10)11(12)13(16)15-7-3-2-4-8-15;1-14-4-6-15(7-5-14)12(16)10-8-2-3-9(19-8)11(10)13(17)18/h1-7,14-17H,8-12H2,(H,23,24);4-5,10-13H,6-9H2,1-3H3,(H,21,22);3-4,9-12H,2,5-8H2,1H3,(H,18,19);9-12H,2-8H2,1H3;5-6,9-12H,2-4,7-8H2,1H3;2-3,8-11H,4-7H2,1H3,(H,17,18)/p-2/t14-,15+,16?,17?;10-,11+,12?,13?;3*9-,10+,11?,12?;8-,9+,10?,11?/m000000/s1. The number of hydrogen-bond donors (Lipinski definition) is 2. The molecule has 0 aliphatic carbocycles. The molecule has 12 unspecified atom stereocenters. The van der Waals surface area contributed by atoms with Gasteiger partial charge in [0, 0.05) is 147 Å². The number of carbonyl (C=O) groups excluding carboxylic acids is 12. The number of methoxy groups -OCH3 is 2. The van der Waals surface area contributed by atoms with Crippen molar-refractivity contribution >= 4 is 77.4 Å². The summed E-state index contributed by atoms with van der Waals surface area (Å²) >= 11 is 0. The third-order valence-corrected chi connectivity index (χ3v) is 28.1. The molecule has 19 rings (SSSR count). The molecule has 18 aliphatic heterocycles.